The lowest BCUT2D eigenvalue weighted by Gasteiger charge is -2.26. The zero-order chi connectivity index (χ0) is 21.7. The molecule has 0 aliphatic heterocycles. The number of hydrogen-bond acceptors (Lipinski definition) is 5. The van der Waals surface area contributed by atoms with E-state index >= 15 is 0 Å². The number of hydrogen-bond donors (Lipinski definition) is 2. The van der Waals surface area contributed by atoms with Crippen LogP contribution in [0.15, 0.2) is 58.1 Å². The van der Waals surface area contributed by atoms with Crippen molar-refractivity contribution in [3.63, 3.8) is 0 Å². The molecule has 7 nitrogen and oxygen atoms in total. The maximum atomic E-state index is 12.7. The predicted molar refractivity (Wildman–Crippen MR) is 121 cm³/mol. The van der Waals surface area contributed by atoms with Gasteiger partial charge in [-0.25, -0.2) is 4.79 Å². The number of halogens is 2. The number of ether oxygens (including phenoxy) is 1. The van der Waals surface area contributed by atoms with E-state index < -0.39 is 11.2 Å². The Morgan fingerprint density at radius 2 is 1.87 bits per heavy atom. The van der Waals surface area contributed by atoms with Gasteiger partial charge in [-0.2, -0.15) is 0 Å². The second-order valence-electron chi connectivity index (χ2n) is 6.71. The number of nitrogen functional groups attached to an aromatic ring is 1. The molecule has 3 aromatic rings. The van der Waals surface area contributed by atoms with Crippen LogP contribution in [0.1, 0.15) is 11.1 Å². The van der Waals surface area contributed by atoms with Crippen molar-refractivity contribution in [2.75, 3.05) is 30.9 Å². The van der Waals surface area contributed by atoms with Crippen molar-refractivity contribution in [3.8, 4) is 0 Å². The lowest BCUT2D eigenvalue weighted by atomic mass is 10.2. The Balaban J connectivity index is 2.05. The van der Waals surface area contributed by atoms with Crippen molar-refractivity contribution in [2.24, 2.45) is 0 Å². The predicted octanol–water partition coefficient (Wildman–Crippen LogP) is 3.13. The third kappa shape index (κ3) is 5.05. The number of anilines is 2. The van der Waals surface area contributed by atoms with Crippen LogP contribution >= 0.6 is 23.2 Å². The van der Waals surface area contributed by atoms with Crippen molar-refractivity contribution in [1.82, 2.24) is 9.55 Å². The third-order valence-corrected chi connectivity index (χ3v) is 5.24. The van der Waals surface area contributed by atoms with Crippen molar-refractivity contribution >= 4 is 34.7 Å². The fourth-order valence-corrected chi connectivity index (χ4v) is 3.60. The number of methoxy groups -OCH3 is 1. The molecule has 158 valence electrons. The fraction of sp³-hybridized carbons (Fsp3) is 0.238. The van der Waals surface area contributed by atoms with Crippen LogP contribution in [0, 0.1) is 0 Å². The minimum Gasteiger partial charge on any atom is -0.383 e. The van der Waals surface area contributed by atoms with Crippen LogP contribution in [-0.4, -0.2) is 29.8 Å². The van der Waals surface area contributed by atoms with E-state index in [4.69, 9.17) is 33.7 Å². The van der Waals surface area contributed by atoms with Gasteiger partial charge in [0, 0.05) is 30.2 Å². The lowest BCUT2D eigenvalue weighted by molar-refractivity contribution is 0.205. The molecule has 1 aromatic heterocycles. The third-order valence-electron chi connectivity index (χ3n) is 4.66. The summed E-state index contributed by atoms with van der Waals surface area (Å²) < 4.78 is 6.54. The number of benzene rings is 2. The molecule has 0 radical (unpaired) electrons. The zero-order valence-electron chi connectivity index (χ0n) is 16.4. The summed E-state index contributed by atoms with van der Waals surface area (Å²) in [5.41, 5.74) is 7.03. The Hall–Kier alpha value is -2.74. The van der Waals surface area contributed by atoms with Crippen LogP contribution in [0.5, 0.6) is 0 Å². The Morgan fingerprint density at radius 3 is 2.53 bits per heavy atom. The van der Waals surface area contributed by atoms with Crippen LogP contribution in [0.4, 0.5) is 11.5 Å². The number of nitrogens with two attached hydrogens (primary N) is 1. The van der Waals surface area contributed by atoms with Gasteiger partial charge in [0.15, 0.2) is 0 Å². The molecular formula is C21H22Cl2N4O3. The highest BCUT2D eigenvalue weighted by molar-refractivity contribution is 6.35. The molecule has 2 aromatic carbocycles. The average Bonchev–Trinajstić information content (AvgIpc) is 2.71. The first-order valence-electron chi connectivity index (χ1n) is 9.25. The second-order valence-corrected chi connectivity index (χ2v) is 7.56. The van der Waals surface area contributed by atoms with Gasteiger partial charge in [-0.15, -0.1) is 0 Å². The van der Waals surface area contributed by atoms with Crippen LogP contribution in [0.2, 0.25) is 10.0 Å². The van der Waals surface area contributed by atoms with Crippen molar-refractivity contribution in [3.05, 3.63) is 90.5 Å². The largest absolute Gasteiger partial charge is 0.383 e. The molecule has 0 aliphatic rings. The summed E-state index contributed by atoms with van der Waals surface area (Å²) in [7, 11) is 1.57. The van der Waals surface area contributed by atoms with E-state index in [9.17, 15) is 9.59 Å². The standard InChI is InChI=1S/C21H22Cl2N4O3/c1-30-10-9-26(13-15-7-8-16(22)11-17(15)23)18-19(24)27(21(29)25-20(18)28)12-14-5-3-2-4-6-14/h2-8,11H,9-10,12-13,24H2,1H3,(H,25,28,29). The minimum absolute atomic E-state index is 0.0776. The van der Waals surface area contributed by atoms with Crippen molar-refractivity contribution in [1.29, 1.82) is 0 Å². The van der Waals surface area contributed by atoms with Crippen LogP contribution < -0.4 is 21.9 Å². The minimum atomic E-state index is -0.568. The summed E-state index contributed by atoms with van der Waals surface area (Å²) in [6.07, 6.45) is 0. The van der Waals surface area contributed by atoms with E-state index in [0.29, 0.717) is 23.2 Å². The lowest BCUT2D eigenvalue weighted by Crippen LogP contribution is -2.39. The molecule has 0 amide bonds. The summed E-state index contributed by atoms with van der Waals surface area (Å²) in [5.74, 6) is 0.0776. The van der Waals surface area contributed by atoms with Crippen molar-refractivity contribution < 1.29 is 4.74 Å². The molecule has 0 bridgehead atoms. The summed E-state index contributed by atoms with van der Waals surface area (Å²) >= 11 is 12.3. The number of rotatable bonds is 8. The molecule has 3 N–H and O–H groups in total. The molecule has 0 saturated heterocycles. The van der Waals surface area contributed by atoms with Gasteiger partial charge in [0.25, 0.3) is 5.56 Å². The second kappa shape index (κ2) is 9.84. The molecule has 0 saturated carbocycles. The number of nitrogens with one attached hydrogen (secondary N) is 1. The van der Waals surface area contributed by atoms with Crippen LogP contribution in [0.25, 0.3) is 0 Å². The van der Waals surface area contributed by atoms with E-state index in [0.717, 1.165) is 11.1 Å². The highest BCUT2D eigenvalue weighted by atomic mass is 35.5. The molecular weight excluding hydrogens is 427 g/mol. The van der Waals surface area contributed by atoms with Gasteiger partial charge in [0.2, 0.25) is 0 Å². The van der Waals surface area contributed by atoms with Crippen LogP contribution in [-0.2, 0) is 17.8 Å². The number of nitrogens with zero attached hydrogens (tertiary/aromatic N) is 2. The Bertz CT molecular complexity index is 1130. The fourth-order valence-electron chi connectivity index (χ4n) is 3.13. The Morgan fingerprint density at radius 1 is 1.13 bits per heavy atom. The van der Waals surface area contributed by atoms with Gasteiger partial charge >= 0.3 is 5.69 Å². The number of aromatic nitrogens is 2. The first kappa shape index (κ1) is 22.0. The van der Waals surface area contributed by atoms with Crippen molar-refractivity contribution in [2.45, 2.75) is 13.1 Å². The van der Waals surface area contributed by atoms with Gasteiger partial charge in [-0.1, -0.05) is 59.6 Å². The smallest absolute Gasteiger partial charge is 0.330 e. The molecule has 0 aliphatic carbocycles. The summed E-state index contributed by atoms with van der Waals surface area (Å²) in [6.45, 7) is 1.24. The summed E-state index contributed by atoms with van der Waals surface area (Å²) in [5, 5.41) is 0.985. The van der Waals surface area contributed by atoms with Gasteiger partial charge in [0.05, 0.1) is 13.2 Å². The molecule has 30 heavy (non-hydrogen) atoms. The highest BCUT2D eigenvalue weighted by Crippen LogP contribution is 2.25. The van der Waals surface area contributed by atoms with E-state index in [1.807, 2.05) is 30.3 Å². The summed E-state index contributed by atoms with van der Waals surface area (Å²) in [6, 6.07) is 14.5. The SMILES string of the molecule is COCCN(Cc1ccc(Cl)cc1Cl)c1c(N)n(Cc2ccccc2)c(=O)[nH]c1=O. The molecule has 1 heterocycles. The monoisotopic (exact) mass is 448 g/mol. The molecule has 3 rings (SSSR count). The van der Waals surface area contributed by atoms with Gasteiger partial charge < -0.3 is 15.4 Å². The average molecular weight is 449 g/mol. The number of H-pyrrole nitrogens is 1. The molecule has 0 atom stereocenters. The molecule has 0 unspecified atom stereocenters. The van der Waals surface area contributed by atoms with Gasteiger partial charge in [-0.3, -0.25) is 14.3 Å². The number of aromatic amines is 1. The maximum Gasteiger partial charge on any atom is 0.330 e. The van der Waals surface area contributed by atoms with Crippen LogP contribution in [0.3, 0.4) is 0 Å². The van der Waals surface area contributed by atoms with E-state index in [1.54, 1.807) is 30.2 Å². The van der Waals surface area contributed by atoms with E-state index in [2.05, 4.69) is 4.98 Å². The quantitative estimate of drug-likeness (QED) is 0.551. The molecule has 0 fully saturated rings. The zero-order valence-corrected chi connectivity index (χ0v) is 17.9. The van der Waals surface area contributed by atoms with Gasteiger partial charge in [0.1, 0.15) is 11.5 Å². The first-order valence-corrected chi connectivity index (χ1v) is 10.0. The van der Waals surface area contributed by atoms with E-state index in [-0.39, 0.29) is 24.6 Å². The Kier molecular flexibility index (Phi) is 7.20. The molecule has 0 spiro atoms. The highest BCUT2D eigenvalue weighted by Gasteiger charge is 2.20. The topological polar surface area (TPSA) is 93.3 Å². The van der Waals surface area contributed by atoms with E-state index in [1.165, 1.54) is 4.57 Å². The molecule has 9 heteroatoms. The first-order chi connectivity index (χ1) is 14.4. The Labute approximate surface area is 183 Å². The van der Waals surface area contributed by atoms with Gasteiger partial charge in [-0.05, 0) is 23.3 Å². The maximum absolute atomic E-state index is 12.7. The normalized spacial score (nSPS) is 10.9. The summed E-state index contributed by atoms with van der Waals surface area (Å²) in [4.78, 5) is 29.3.